The molecule has 0 unspecified atom stereocenters. The highest BCUT2D eigenvalue weighted by atomic mass is 32.2. The molecule has 2 aromatic rings. The number of rotatable bonds is 3. The van der Waals surface area contributed by atoms with Gasteiger partial charge in [-0.3, -0.25) is 14.5 Å². The zero-order chi connectivity index (χ0) is 14.8. The zero-order valence-corrected chi connectivity index (χ0v) is 11.6. The molecule has 3 rings (SSSR count). The minimum absolute atomic E-state index is 0.0766. The van der Waals surface area contributed by atoms with E-state index in [2.05, 4.69) is 0 Å². The summed E-state index contributed by atoms with van der Waals surface area (Å²) in [6.45, 7) is -0.0766. The Kier molecular flexibility index (Phi) is 3.62. The highest BCUT2D eigenvalue weighted by molar-refractivity contribution is 8.18. The van der Waals surface area contributed by atoms with Gasteiger partial charge < -0.3 is 4.42 Å². The number of imide groups is 1. The van der Waals surface area contributed by atoms with Crippen LogP contribution in [0.25, 0.3) is 6.08 Å². The molecule has 1 aromatic carbocycles. The van der Waals surface area contributed by atoms with E-state index in [9.17, 15) is 14.0 Å². The first-order chi connectivity index (χ1) is 10.1. The van der Waals surface area contributed by atoms with Crippen molar-refractivity contribution in [1.82, 2.24) is 4.90 Å². The van der Waals surface area contributed by atoms with E-state index in [-0.39, 0.29) is 11.4 Å². The van der Waals surface area contributed by atoms with Crippen LogP contribution in [0.5, 0.6) is 0 Å². The topological polar surface area (TPSA) is 50.5 Å². The number of carbonyl (C=O) groups excluding carboxylic acids is 2. The Bertz CT molecular complexity index is 724. The maximum Gasteiger partial charge on any atom is 0.293 e. The standard InChI is InChI=1S/C15H10FNO3S/c16-12-6-2-1-4-10(12)9-17-14(18)13(21-15(17)19)8-11-5-3-7-20-11/h1-8H,9H2/b13-8+. The second kappa shape index (κ2) is 5.57. The molecule has 6 heteroatoms. The molecule has 0 spiro atoms. The monoisotopic (exact) mass is 303 g/mol. The normalized spacial score (nSPS) is 17.0. The van der Waals surface area contributed by atoms with E-state index in [4.69, 9.17) is 4.42 Å². The SMILES string of the molecule is O=C1S/C(=C/c2ccco2)C(=O)N1Cc1ccccc1F. The summed E-state index contributed by atoms with van der Waals surface area (Å²) in [4.78, 5) is 25.4. The molecule has 1 aromatic heterocycles. The van der Waals surface area contributed by atoms with Crippen molar-refractivity contribution < 1.29 is 18.4 Å². The number of hydrogen-bond donors (Lipinski definition) is 0. The lowest BCUT2D eigenvalue weighted by molar-refractivity contribution is -0.123. The molecule has 1 aliphatic heterocycles. The molecule has 106 valence electrons. The first kappa shape index (κ1) is 13.6. The minimum atomic E-state index is -0.440. The van der Waals surface area contributed by atoms with Gasteiger partial charge in [-0.15, -0.1) is 0 Å². The first-order valence-electron chi connectivity index (χ1n) is 6.17. The van der Waals surface area contributed by atoms with Crippen LogP contribution in [-0.2, 0) is 11.3 Å². The van der Waals surface area contributed by atoms with Crippen LogP contribution in [0, 0.1) is 5.82 Å². The number of amides is 2. The van der Waals surface area contributed by atoms with Crippen LogP contribution >= 0.6 is 11.8 Å². The van der Waals surface area contributed by atoms with E-state index in [1.165, 1.54) is 18.4 Å². The Hall–Kier alpha value is -2.34. The number of thioether (sulfide) groups is 1. The summed E-state index contributed by atoms with van der Waals surface area (Å²) in [5.74, 6) is -0.386. The molecule has 1 aliphatic rings. The van der Waals surface area contributed by atoms with Gasteiger partial charge in [0.15, 0.2) is 0 Å². The van der Waals surface area contributed by atoms with Crippen LogP contribution in [0.2, 0.25) is 0 Å². The first-order valence-corrected chi connectivity index (χ1v) is 6.99. The average Bonchev–Trinajstić information content (AvgIpc) is 3.05. The molecule has 0 N–H and O–H groups in total. The molecule has 0 atom stereocenters. The lowest BCUT2D eigenvalue weighted by atomic mass is 10.2. The molecule has 0 aliphatic carbocycles. The number of benzene rings is 1. The van der Waals surface area contributed by atoms with Crippen molar-refractivity contribution in [3.63, 3.8) is 0 Å². The van der Waals surface area contributed by atoms with Crippen molar-refractivity contribution in [2.24, 2.45) is 0 Å². The Morgan fingerprint density at radius 1 is 1.19 bits per heavy atom. The van der Waals surface area contributed by atoms with Crippen LogP contribution in [0.1, 0.15) is 11.3 Å². The van der Waals surface area contributed by atoms with Gasteiger partial charge in [-0.05, 0) is 30.0 Å². The summed E-state index contributed by atoms with van der Waals surface area (Å²) in [5.41, 5.74) is 0.305. The summed E-state index contributed by atoms with van der Waals surface area (Å²) >= 11 is 0.821. The van der Waals surface area contributed by atoms with E-state index < -0.39 is 17.0 Å². The number of nitrogens with zero attached hydrogens (tertiary/aromatic N) is 1. The second-order valence-electron chi connectivity index (χ2n) is 4.37. The van der Waals surface area contributed by atoms with E-state index >= 15 is 0 Å². The molecule has 2 amide bonds. The van der Waals surface area contributed by atoms with Crippen LogP contribution in [-0.4, -0.2) is 16.0 Å². The largest absolute Gasteiger partial charge is 0.465 e. The summed E-state index contributed by atoms with van der Waals surface area (Å²) in [5, 5.41) is -0.416. The average molecular weight is 303 g/mol. The molecular formula is C15H10FNO3S. The molecular weight excluding hydrogens is 293 g/mol. The minimum Gasteiger partial charge on any atom is -0.465 e. The quantitative estimate of drug-likeness (QED) is 0.812. The Morgan fingerprint density at radius 2 is 2.00 bits per heavy atom. The molecule has 21 heavy (non-hydrogen) atoms. The summed E-state index contributed by atoms with van der Waals surface area (Å²) in [7, 11) is 0. The van der Waals surface area contributed by atoms with Gasteiger partial charge >= 0.3 is 0 Å². The summed E-state index contributed by atoms with van der Waals surface area (Å²) in [6.07, 6.45) is 2.99. The number of carbonyl (C=O) groups is 2. The van der Waals surface area contributed by atoms with Crippen molar-refractivity contribution in [2.75, 3.05) is 0 Å². The maximum absolute atomic E-state index is 13.6. The van der Waals surface area contributed by atoms with Gasteiger partial charge in [-0.2, -0.15) is 0 Å². The fraction of sp³-hybridized carbons (Fsp3) is 0.0667. The van der Waals surface area contributed by atoms with E-state index in [0.29, 0.717) is 11.3 Å². The van der Waals surface area contributed by atoms with E-state index in [0.717, 1.165) is 16.7 Å². The van der Waals surface area contributed by atoms with Gasteiger partial charge in [-0.25, -0.2) is 4.39 Å². The molecule has 4 nitrogen and oxygen atoms in total. The third-order valence-electron chi connectivity index (χ3n) is 2.98. The van der Waals surface area contributed by atoms with Gasteiger partial charge in [0.05, 0.1) is 17.7 Å². The van der Waals surface area contributed by atoms with Crippen molar-refractivity contribution >= 4 is 29.0 Å². The smallest absolute Gasteiger partial charge is 0.293 e. The Labute approximate surface area is 124 Å². The molecule has 0 radical (unpaired) electrons. The fourth-order valence-electron chi connectivity index (χ4n) is 1.94. The number of halogens is 1. The Morgan fingerprint density at radius 3 is 2.71 bits per heavy atom. The van der Waals surface area contributed by atoms with Crippen LogP contribution in [0.15, 0.2) is 52.0 Å². The Balaban J connectivity index is 1.83. The van der Waals surface area contributed by atoms with Gasteiger partial charge in [0, 0.05) is 11.6 Å². The zero-order valence-electron chi connectivity index (χ0n) is 10.8. The number of furan rings is 1. The lowest BCUT2D eigenvalue weighted by Gasteiger charge is -2.12. The second-order valence-corrected chi connectivity index (χ2v) is 5.37. The van der Waals surface area contributed by atoms with Gasteiger partial charge in [0.2, 0.25) is 0 Å². The van der Waals surface area contributed by atoms with Crippen LogP contribution in [0.4, 0.5) is 9.18 Å². The number of hydrogen-bond acceptors (Lipinski definition) is 4. The summed E-state index contributed by atoms with van der Waals surface area (Å²) in [6, 6.07) is 9.45. The molecule has 1 saturated heterocycles. The van der Waals surface area contributed by atoms with Crippen LogP contribution < -0.4 is 0 Å². The molecule has 0 bridgehead atoms. The summed E-state index contributed by atoms with van der Waals surface area (Å²) < 4.78 is 18.7. The lowest BCUT2D eigenvalue weighted by Crippen LogP contribution is -2.27. The van der Waals surface area contributed by atoms with Gasteiger partial charge in [0.1, 0.15) is 11.6 Å². The molecule has 0 saturated carbocycles. The van der Waals surface area contributed by atoms with E-state index in [1.807, 2.05) is 0 Å². The molecule has 2 heterocycles. The van der Waals surface area contributed by atoms with Gasteiger partial charge in [0.25, 0.3) is 11.1 Å². The maximum atomic E-state index is 13.6. The van der Waals surface area contributed by atoms with E-state index in [1.54, 1.807) is 30.3 Å². The van der Waals surface area contributed by atoms with Crippen molar-refractivity contribution in [2.45, 2.75) is 6.54 Å². The molecule has 1 fully saturated rings. The van der Waals surface area contributed by atoms with Crippen molar-refractivity contribution in [1.29, 1.82) is 0 Å². The van der Waals surface area contributed by atoms with Crippen LogP contribution in [0.3, 0.4) is 0 Å². The fourth-order valence-corrected chi connectivity index (χ4v) is 2.75. The highest BCUT2D eigenvalue weighted by Gasteiger charge is 2.35. The van der Waals surface area contributed by atoms with Crippen molar-refractivity contribution in [3.05, 3.63) is 64.7 Å². The third kappa shape index (κ3) is 2.75. The van der Waals surface area contributed by atoms with Gasteiger partial charge in [-0.1, -0.05) is 18.2 Å². The predicted molar refractivity (Wildman–Crippen MR) is 76.6 cm³/mol. The van der Waals surface area contributed by atoms with Crippen molar-refractivity contribution in [3.8, 4) is 0 Å². The third-order valence-corrected chi connectivity index (χ3v) is 3.88. The highest BCUT2D eigenvalue weighted by Crippen LogP contribution is 2.33. The predicted octanol–water partition coefficient (Wildman–Crippen LogP) is 3.66.